The number of nitrogens with zero attached hydrogens (tertiary/aromatic N) is 4. The second kappa shape index (κ2) is 6.21. The molecule has 26 heavy (non-hydrogen) atoms. The number of ether oxygens (including phenoxy) is 1. The van der Waals surface area contributed by atoms with Crippen molar-refractivity contribution in [3.63, 3.8) is 0 Å². The summed E-state index contributed by atoms with van der Waals surface area (Å²) in [5.41, 5.74) is 2.28. The van der Waals surface area contributed by atoms with Gasteiger partial charge in [-0.2, -0.15) is 0 Å². The highest BCUT2D eigenvalue weighted by Crippen LogP contribution is 2.38. The van der Waals surface area contributed by atoms with Crippen LogP contribution in [0, 0.1) is 5.92 Å². The molecular weight excluding hydrogens is 368 g/mol. The van der Waals surface area contributed by atoms with Gasteiger partial charge in [-0.15, -0.1) is 16.4 Å². The van der Waals surface area contributed by atoms with E-state index in [2.05, 4.69) is 17.0 Å². The van der Waals surface area contributed by atoms with Crippen LogP contribution in [0.1, 0.15) is 29.6 Å². The maximum Gasteiger partial charge on any atom is 0.189 e. The number of aromatic nitrogens is 4. The van der Waals surface area contributed by atoms with Gasteiger partial charge in [-0.1, -0.05) is 30.7 Å². The fourth-order valence-electron chi connectivity index (χ4n) is 3.55. The van der Waals surface area contributed by atoms with E-state index >= 15 is 0 Å². The van der Waals surface area contributed by atoms with E-state index in [0.29, 0.717) is 16.6 Å². The van der Waals surface area contributed by atoms with Crippen LogP contribution in [0.3, 0.4) is 0 Å². The molecule has 0 saturated carbocycles. The lowest BCUT2D eigenvalue weighted by Gasteiger charge is -2.17. The van der Waals surface area contributed by atoms with Gasteiger partial charge in [0.15, 0.2) is 11.5 Å². The first-order valence-corrected chi connectivity index (χ1v) is 9.90. The Bertz CT molecular complexity index is 1120. The Morgan fingerprint density at radius 3 is 3.12 bits per heavy atom. The molecule has 0 saturated heterocycles. The Kier molecular flexibility index (Phi) is 3.83. The number of fused-ring (bicyclic) bond motifs is 5. The number of halogens is 1. The minimum absolute atomic E-state index is 0.274. The van der Waals surface area contributed by atoms with Crippen LogP contribution in [-0.2, 0) is 19.4 Å². The highest BCUT2D eigenvalue weighted by atomic mass is 35.5. The van der Waals surface area contributed by atoms with Crippen molar-refractivity contribution >= 4 is 38.8 Å². The summed E-state index contributed by atoms with van der Waals surface area (Å²) < 4.78 is 7.55. The first-order chi connectivity index (χ1) is 12.7. The molecule has 0 radical (unpaired) electrons. The zero-order chi connectivity index (χ0) is 17.7. The van der Waals surface area contributed by atoms with Gasteiger partial charge in [0.25, 0.3) is 0 Å². The molecule has 3 heterocycles. The summed E-state index contributed by atoms with van der Waals surface area (Å²) in [4.78, 5) is 11.9. The highest BCUT2D eigenvalue weighted by Gasteiger charge is 2.23. The summed E-state index contributed by atoms with van der Waals surface area (Å²) in [6.07, 6.45) is 5.20. The van der Waals surface area contributed by atoms with Gasteiger partial charge >= 0.3 is 0 Å². The largest absolute Gasteiger partial charge is 0.484 e. The first kappa shape index (κ1) is 16.0. The van der Waals surface area contributed by atoms with Gasteiger partial charge in [0.05, 0.1) is 10.4 Å². The summed E-state index contributed by atoms with van der Waals surface area (Å²) in [5, 5.41) is 6.28. The molecular formula is C19H17ClN4OS. The molecule has 1 unspecified atom stereocenters. The molecule has 5 nitrogen and oxygen atoms in total. The Morgan fingerprint density at radius 1 is 1.35 bits per heavy atom. The number of hydrogen-bond donors (Lipinski definition) is 0. The van der Waals surface area contributed by atoms with Crippen molar-refractivity contribution in [1.29, 1.82) is 0 Å². The average molecular weight is 385 g/mol. The fourth-order valence-corrected chi connectivity index (χ4v) is 5.08. The second-order valence-electron chi connectivity index (χ2n) is 6.79. The van der Waals surface area contributed by atoms with Crippen molar-refractivity contribution in [2.24, 2.45) is 5.92 Å². The van der Waals surface area contributed by atoms with Gasteiger partial charge in [-0.25, -0.2) is 14.5 Å². The van der Waals surface area contributed by atoms with Gasteiger partial charge in [0.2, 0.25) is 0 Å². The first-order valence-electron chi connectivity index (χ1n) is 8.71. The summed E-state index contributed by atoms with van der Waals surface area (Å²) in [5.74, 6) is 2.01. The Labute approximate surface area is 159 Å². The van der Waals surface area contributed by atoms with Crippen molar-refractivity contribution in [1.82, 2.24) is 19.6 Å². The Balaban J connectivity index is 1.53. The molecule has 0 N–H and O–H groups in total. The van der Waals surface area contributed by atoms with Crippen LogP contribution in [-0.4, -0.2) is 19.6 Å². The van der Waals surface area contributed by atoms with Crippen LogP contribution >= 0.6 is 22.9 Å². The van der Waals surface area contributed by atoms with Gasteiger partial charge in [-0.05, 0) is 42.9 Å². The van der Waals surface area contributed by atoms with E-state index in [1.807, 2.05) is 18.2 Å². The monoisotopic (exact) mass is 384 g/mol. The average Bonchev–Trinajstić information content (AvgIpc) is 3.20. The van der Waals surface area contributed by atoms with Crippen LogP contribution in [0.15, 0.2) is 30.6 Å². The third-order valence-corrected chi connectivity index (χ3v) is 6.34. The quantitative estimate of drug-likeness (QED) is 0.514. The van der Waals surface area contributed by atoms with Crippen LogP contribution < -0.4 is 4.74 Å². The molecule has 132 valence electrons. The number of para-hydroxylation sites is 1. The lowest BCUT2D eigenvalue weighted by molar-refractivity contribution is 0.296. The van der Waals surface area contributed by atoms with Crippen LogP contribution in [0.25, 0.3) is 15.9 Å². The summed E-state index contributed by atoms with van der Waals surface area (Å²) in [7, 11) is 0. The number of rotatable bonds is 3. The molecule has 1 aromatic carbocycles. The number of hydrogen-bond acceptors (Lipinski definition) is 5. The molecule has 0 bridgehead atoms. The molecule has 4 aromatic rings. The molecule has 0 amide bonds. The maximum absolute atomic E-state index is 6.14. The second-order valence-corrected chi connectivity index (χ2v) is 8.28. The van der Waals surface area contributed by atoms with Gasteiger partial charge in [-0.3, -0.25) is 0 Å². The molecule has 7 heteroatoms. The Morgan fingerprint density at radius 2 is 2.23 bits per heavy atom. The van der Waals surface area contributed by atoms with Crippen LogP contribution in [0.5, 0.6) is 5.75 Å². The van der Waals surface area contributed by atoms with E-state index in [-0.39, 0.29) is 6.61 Å². The van der Waals surface area contributed by atoms with E-state index in [9.17, 15) is 0 Å². The number of benzene rings is 1. The zero-order valence-corrected chi connectivity index (χ0v) is 15.8. The predicted molar refractivity (Wildman–Crippen MR) is 103 cm³/mol. The SMILES string of the molecule is CC1CCc2c(sc3ncn4nc(COc5ccccc5Cl)nc4c23)C1. The molecule has 1 atom stereocenters. The third kappa shape index (κ3) is 2.64. The lowest BCUT2D eigenvalue weighted by Crippen LogP contribution is -2.08. The molecule has 5 rings (SSSR count). The predicted octanol–water partition coefficient (Wildman–Crippen LogP) is 4.70. The van der Waals surface area contributed by atoms with E-state index in [0.717, 1.165) is 34.6 Å². The smallest absolute Gasteiger partial charge is 0.189 e. The summed E-state index contributed by atoms with van der Waals surface area (Å²) in [6, 6.07) is 7.42. The molecule has 0 spiro atoms. The molecule has 1 aliphatic rings. The highest BCUT2D eigenvalue weighted by molar-refractivity contribution is 7.19. The number of aryl methyl sites for hydroxylation is 1. The number of thiophene rings is 1. The van der Waals surface area contributed by atoms with Crippen molar-refractivity contribution in [3.8, 4) is 5.75 Å². The van der Waals surface area contributed by atoms with Gasteiger partial charge in [0, 0.05) is 4.88 Å². The fraction of sp³-hybridized carbons (Fsp3) is 0.316. The van der Waals surface area contributed by atoms with Gasteiger partial charge < -0.3 is 4.74 Å². The molecule has 0 fully saturated rings. The minimum atomic E-state index is 0.274. The standard InChI is InChI=1S/C19H17ClN4OS/c1-11-6-7-12-15(8-11)26-19-17(12)18-22-16(23-24(18)10-21-19)9-25-14-5-3-2-4-13(14)20/h2-5,10-11H,6-9H2,1H3. The van der Waals surface area contributed by atoms with E-state index in [1.54, 1.807) is 28.2 Å². The zero-order valence-electron chi connectivity index (χ0n) is 14.3. The normalized spacial score (nSPS) is 16.9. The van der Waals surface area contributed by atoms with Crippen molar-refractivity contribution in [3.05, 3.63) is 51.9 Å². The third-order valence-electron chi connectivity index (χ3n) is 4.87. The van der Waals surface area contributed by atoms with E-state index in [1.165, 1.54) is 16.9 Å². The van der Waals surface area contributed by atoms with E-state index < -0.39 is 0 Å². The van der Waals surface area contributed by atoms with Gasteiger partial charge in [0.1, 0.15) is 23.5 Å². The molecule has 3 aromatic heterocycles. The minimum Gasteiger partial charge on any atom is -0.484 e. The van der Waals surface area contributed by atoms with Crippen LogP contribution in [0.2, 0.25) is 5.02 Å². The topological polar surface area (TPSA) is 52.3 Å². The van der Waals surface area contributed by atoms with Crippen LogP contribution in [0.4, 0.5) is 0 Å². The molecule has 1 aliphatic carbocycles. The van der Waals surface area contributed by atoms with Crippen molar-refractivity contribution < 1.29 is 4.74 Å². The lowest BCUT2D eigenvalue weighted by atomic mass is 9.89. The summed E-state index contributed by atoms with van der Waals surface area (Å²) >= 11 is 7.94. The summed E-state index contributed by atoms with van der Waals surface area (Å²) in [6.45, 7) is 2.59. The maximum atomic E-state index is 6.14. The Hall–Kier alpha value is -2.18. The van der Waals surface area contributed by atoms with Crippen molar-refractivity contribution in [2.75, 3.05) is 0 Å². The molecule has 0 aliphatic heterocycles. The van der Waals surface area contributed by atoms with E-state index in [4.69, 9.17) is 21.3 Å². The van der Waals surface area contributed by atoms with Crippen molar-refractivity contribution in [2.45, 2.75) is 32.8 Å².